The van der Waals surface area contributed by atoms with E-state index in [9.17, 15) is 14.0 Å². The van der Waals surface area contributed by atoms with Crippen molar-refractivity contribution in [2.24, 2.45) is 11.8 Å². The fourth-order valence-electron chi connectivity index (χ4n) is 5.23. The summed E-state index contributed by atoms with van der Waals surface area (Å²) in [6, 6.07) is 13.8. The summed E-state index contributed by atoms with van der Waals surface area (Å²) in [5, 5.41) is 9.54. The lowest BCUT2D eigenvalue weighted by atomic mass is 9.88. The summed E-state index contributed by atoms with van der Waals surface area (Å²) < 4.78 is 13.2. The van der Waals surface area contributed by atoms with Crippen LogP contribution < -0.4 is 16.0 Å². The second-order valence-electron chi connectivity index (χ2n) is 9.69. The Morgan fingerprint density at radius 1 is 1.15 bits per heavy atom. The van der Waals surface area contributed by atoms with Crippen molar-refractivity contribution in [1.29, 1.82) is 0 Å². The second kappa shape index (κ2) is 11.6. The van der Waals surface area contributed by atoms with E-state index >= 15 is 0 Å². The molecule has 0 radical (unpaired) electrons. The van der Waals surface area contributed by atoms with Gasteiger partial charge in [-0.1, -0.05) is 24.3 Å². The van der Waals surface area contributed by atoms with E-state index in [1.807, 2.05) is 12.1 Å². The van der Waals surface area contributed by atoms with Crippen LogP contribution in [0.3, 0.4) is 0 Å². The molecule has 2 saturated heterocycles. The molecule has 2 heterocycles. The second-order valence-corrected chi connectivity index (χ2v) is 9.69. The van der Waals surface area contributed by atoms with Crippen LogP contribution in [0.5, 0.6) is 0 Å². The molecule has 182 valence electrons. The number of urea groups is 1. The maximum atomic E-state index is 13.2. The summed E-state index contributed by atoms with van der Waals surface area (Å²) in [5.41, 5.74) is 2.39. The minimum atomic E-state index is -0.231. The highest BCUT2D eigenvalue weighted by Gasteiger charge is 2.30. The van der Waals surface area contributed by atoms with Crippen molar-refractivity contribution in [2.75, 3.05) is 38.0 Å². The summed E-state index contributed by atoms with van der Waals surface area (Å²) in [4.78, 5) is 26.9. The fourth-order valence-corrected chi connectivity index (χ4v) is 5.23. The standard InChI is InChI=1S/C27H35FN4O2/c1-19(33)22-5-2-6-25(15-22)30-27(34)31-26-11-12-29-16-23(26)18-32-13-3-4-21(17-32)14-20-7-9-24(28)10-8-20/h2,5-10,15,21,23,26,29H,3-4,11-14,16-18H2,1H3,(H2,30,31,34)/t21-,23+,26+/m0/s1. The molecule has 0 saturated carbocycles. The number of likely N-dealkylation sites (tertiary alicyclic amines) is 1. The van der Waals surface area contributed by atoms with Gasteiger partial charge in [0, 0.05) is 42.8 Å². The molecule has 2 aliphatic heterocycles. The molecule has 4 rings (SSSR count). The maximum absolute atomic E-state index is 13.2. The van der Waals surface area contributed by atoms with Crippen molar-refractivity contribution < 1.29 is 14.0 Å². The van der Waals surface area contributed by atoms with Crippen LogP contribution in [-0.4, -0.2) is 55.5 Å². The highest BCUT2D eigenvalue weighted by molar-refractivity contribution is 5.96. The molecule has 0 aromatic heterocycles. The van der Waals surface area contributed by atoms with E-state index in [0.717, 1.165) is 52.0 Å². The molecule has 2 aliphatic rings. The molecule has 2 fully saturated rings. The fraction of sp³-hybridized carbons (Fsp3) is 0.481. The van der Waals surface area contributed by atoms with Gasteiger partial charge >= 0.3 is 6.03 Å². The summed E-state index contributed by atoms with van der Waals surface area (Å²) >= 11 is 0. The Labute approximate surface area is 201 Å². The highest BCUT2D eigenvalue weighted by atomic mass is 19.1. The average molecular weight is 467 g/mol. The van der Waals surface area contributed by atoms with Gasteiger partial charge < -0.3 is 20.9 Å². The van der Waals surface area contributed by atoms with E-state index in [1.54, 1.807) is 36.4 Å². The third-order valence-electron chi connectivity index (χ3n) is 6.98. The molecule has 0 unspecified atom stereocenters. The topological polar surface area (TPSA) is 73.5 Å². The molecule has 3 atom stereocenters. The quantitative estimate of drug-likeness (QED) is 0.538. The normalized spacial score (nSPS) is 23.3. The number of piperidine rings is 2. The summed E-state index contributed by atoms with van der Waals surface area (Å²) in [5.74, 6) is 0.682. The van der Waals surface area contributed by atoms with Crippen LogP contribution in [0, 0.1) is 17.7 Å². The van der Waals surface area contributed by atoms with Crippen LogP contribution in [0.25, 0.3) is 0 Å². The Hall–Kier alpha value is -2.77. The third kappa shape index (κ3) is 6.87. The van der Waals surface area contributed by atoms with E-state index in [-0.39, 0.29) is 23.7 Å². The molecule has 0 aliphatic carbocycles. The predicted molar refractivity (Wildman–Crippen MR) is 133 cm³/mol. The van der Waals surface area contributed by atoms with Gasteiger partial charge in [-0.25, -0.2) is 9.18 Å². The number of carbonyl (C=O) groups excluding carboxylic acids is 2. The van der Waals surface area contributed by atoms with Gasteiger partial charge in [-0.05, 0) is 81.4 Å². The van der Waals surface area contributed by atoms with Crippen LogP contribution in [-0.2, 0) is 6.42 Å². The lowest BCUT2D eigenvalue weighted by Gasteiger charge is -2.39. The molecular formula is C27H35FN4O2. The van der Waals surface area contributed by atoms with Gasteiger partial charge in [0.25, 0.3) is 0 Å². The Morgan fingerprint density at radius 3 is 2.76 bits per heavy atom. The van der Waals surface area contributed by atoms with E-state index in [1.165, 1.54) is 18.9 Å². The largest absolute Gasteiger partial charge is 0.335 e. The first-order valence-corrected chi connectivity index (χ1v) is 12.3. The first-order valence-electron chi connectivity index (χ1n) is 12.3. The molecule has 0 bridgehead atoms. The predicted octanol–water partition coefficient (Wildman–Crippen LogP) is 4.08. The molecule has 7 heteroatoms. The Kier molecular flexibility index (Phi) is 8.29. The number of carbonyl (C=O) groups is 2. The number of hydrogen-bond donors (Lipinski definition) is 3. The zero-order valence-corrected chi connectivity index (χ0v) is 19.9. The minimum Gasteiger partial charge on any atom is -0.335 e. The molecule has 3 N–H and O–H groups in total. The zero-order valence-electron chi connectivity index (χ0n) is 19.9. The number of rotatable bonds is 7. The van der Waals surface area contributed by atoms with E-state index < -0.39 is 0 Å². The Balaban J connectivity index is 1.30. The number of anilines is 1. The number of Topliss-reactive ketones (excluding diaryl/α,β-unsaturated/α-hetero) is 1. The van der Waals surface area contributed by atoms with Gasteiger partial charge in [-0.3, -0.25) is 4.79 Å². The number of nitrogens with zero attached hydrogens (tertiary/aromatic N) is 1. The van der Waals surface area contributed by atoms with Crippen LogP contribution in [0.15, 0.2) is 48.5 Å². The highest BCUT2D eigenvalue weighted by Crippen LogP contribution is 2.23. The number of amides is 2. The Bertz CT molecular complexity index is 981. The molecular weight excluding hydrogens is 431 g/mol. The van der Waals surface area contributed by atoms with Crippen molar-refractivity contribution in [3.8, 4) is 0 Å². The summed E-state index contributed by atoms with van der Waals surface area (Å²) in [6.45, 7) is 6.33. The Morgan fingerprint density at radius 2 is 1.97 bits per heavy atom. The van der Waals surface area contributed by atoms with Crippen molar-refractivity contribution in [3.63, 3.8) is 0 Å². The number of nitrogens with one attached hydrogen (secondary N) is 3. The number of benzene rings is 2. The van der Waals surface area contributed by atoms with Crippen molar-refractivity contribution in [3.05, 3.63) is 65.5 Å². The van der Waals surface area contributed by atoms with Gasteiger partial charge in [0.1, 0.15) is 5.82 Å². The van der Waals surface area contributed by atoms with E-state index in [4.69, 9.17) is 0 Å². The molecule has 2 aromatic carbocycles. The number of ketones is 1. The molecule has 2 aromatic rings. The number of halogens is 1. The lowest BCUT2D eigenvalue weighted by molar-refractivity contribution is 0.101. The van der Waals surface area contributed by atoms with Gasteiger partial charge in [-0.2, -0.15) is 0 Å². The van der Waals surface area contributed by atoms with Crippen LogP contribution in [0.2, 0.25) is 0 Å². The minimum absolute atomic E-state index is 0.0262. The van der Waals surface area contributed by atoms with E-state index in [2.05, 4.69) is 20.9 Å². The summed E-state index contributed by atoms with van der Waals surface area (Å²) in [6.07, 6.45) is 4.22. The van der Waals surface area contributed by atoms with Gasteiger partial charge in [-0.15, -0.1) is 0 Å². The summed E-state index contributed by atoms with van der Waals surface area (Å²) in [7, 11) is 0. The third-order valence-corrected chi connectivity index (χ3v) is 6.98. The van der Waals surface area contributed by atoms with Gasteiger partial charge in [0.15, 0.2) is 5.78 Å². The lowest BCUT2D eigenvalue weighted by Crippen LogP contribution is -2.54. The van der Waals surface area contributed by atoms with Crippen LogP contribution >= 0.6 is 0 Å². The van der Waals surface area contributed by atoms with Crippen molar-refractivity contribution in [1.82, 2.24) is 15.5 Å². The van der Waals surface area contributed by atoms with Crippen molar-refractivity contribution >= 4 is 17.5 Å². The van der Waals surface area contributed by atoms with Crippen LogP contribution in [0.1, 0.15) is 42.1 Å². The first-order chi connectivity index (χ1) is 16.5. The van der Waals surface area contributed by atoms with E-state index in [0.29, 0.717) is 23.1 Å². The number of hydrogen-bond acceptors (Lipinski definition) is 4. The molecule has 2 amide bonds. The SMILES string of the molecule is CC(=O)c1cccc(NC(=O)N[C@@H]2CCNC[C@@H]2CN2CCC[C@@H](Cc3ccc(F)cc3)C2)c1. The van der Waals surface area contributed by atoms with Crippen molar-refractivity contribution in [2.45, 2.75) is 38.6 Å². The maximum Gasteiger partial charge on any atom is 0.319 e. The van der Waals surface area contributed by atoms with Crippen LogP contribution in [0.4, 0.5) is 14.9 Å². The molecule has 0 spiro atoms. The average Bonchev–Trinajstić information content (AvgIpc) is 2.82. The first kappa shape index (κ1) is 24.4. The zero-order chi connectivity index (χ0) is 23.9. The molecule has 6 nitrogen and oxygen atoms in total. The van der Waals surface area contributed by atoms with Gasteiger partial charge in [0.05, 0.1) is 0 Å². The van der Waals surface area contributed by atoms with Gasteiger partial charge in [0.2, 0.25) is 0 Å². The molecule has 34 heavy (non-hydrogen) atoms. The monoisotopic (exact) mass is 466 g/mol. The smallest absolute Gasteiger partial charge is 0.319 e.